The highest BCUT2D eigenvalue weighted by atomic mass is 32.2. The third kappa shape index (κ3) is 6.04. The number of carbonyl (C=O) groups is 2. The Kier molecular flexibility index (Phi) is 6.51. The Bertz CT molecular complexity index is 730. The minimum absolute atomic E-state index is 0.0565. The lowest BCUT2D eigenvalue weighted by Crippen LogP contribution is -2.43. The van der Waals surface area contributed by atoms with Crippen LogP contribution < -0.4 is 5.32 Å². The molecular weight excluding hydrogens is 362 g/mol. The third-order valence-electron chi connectivity index (χ3n) is 3.91. The Labute approximate surface area is 152 Å². The summed E-state index contributed by atoms with van der Waals surface area (Å²) in [7, 11) is -3.07. The van der Waals surface area contributed by atoms with Crippen LogP contribution in [0.5, 0.6) is 0 Å². The van der Waals surface area contributed by atoms with Crippen LogP contribution in [-0.4, -0.2) is 49.2 Å². The number of ether oxygens (including phenoxy) is 1. The highest BCUT2D eigenvalue weighted by molar-refractivity contribution is 8.00. The van der Waals surface area contributed by atoms with Gasteiger partial charge in [-0.1, -0.05) is 17.7 Å². The van der Waals surface area contributed by atoms with Crippen molar-refractivity contribution < 1.29 is 22.7 Å². The topological polar surface area (TPSA) is 89.5 Å². The number of benzene rings is 1. The molecule has 3 atom stereocenters. The summed E-state index contributed by atoms with van der Waals surface area (Å²) in [6.07, 6.45) is -0.564. The van der Waals surface area contributed by atoms with Crippen molar-refractivity contribution in [2.45, 2.75) is 49.5 Å². The summed E-state index contributed by atoms with van der Waals surface area (Å²) in [5, 5.41) is 2.18. The van der Waals surface area contributed by atoms with Gasteiger partial charge in [0.2, 0.25) is 0 Å². The van der Waals surface area contributed by atoms with Gasteiger partial charge in [0.1, 0.15) is 5.25 Å². The maximum absolute atomic E-state index is 12.2. The van der Waals surface area contributed by atoms with Crippen LogP contribution in [0.2, 0.25) is 0 Å². The number of amides is 1. The molecule has 1 N–H and O–H groups in total. The van der Waals surface area contributed by atoms with Crippen LogP contribution >= 0.6 is 11.8 Å². The second-order valence-electron chi connectivity index (χ2n) is 6.26. The van der Waals surface area contributed by atoms with E-state index in [-0.39, 0.29) is 11.5 Å². The summed E-state index contributed by atoms with van der Waals surface area (Å²) in [6, 6.07) is 7.39. The molecule has 1 fully saturated rings. The first-order valence-corrected chi connectivity index (χ1v) is 10.8. The van der Waals surface area contributed by atoms with Crippen molar-refractivity contribution in [2.24, 2.45) is 0 Å². The van der Waals surface area contributed by atoms with Gasteiger partial charge >= 0.3 is 5.97 Å². The number of nitrogens with one attached hydrogen (secondary N) is 1. The Morgan fingerprint density at radius 2 is 1.88 bits per heavy atom. The summed E-state index contributed by atoms with van der Waals surface area (Å²) in [5.41, 5.74) is 1.14. The van der Waals surface area contributed by atoms with Crippen LogP contribution in [0, 0.1) is 6.92 Å². The van der Waals surface area contributed by atoms with Gasteiger partial charge in [-0.2, -0.15) is 0 Å². The van der Waals surface area contributed by atoms with Gasteiger partial charge in [-0.25, -0.2) is 8.42 Å². The van der Waals surface area contributed by atoms with E-state index in [1.165, 1.54) is 18.7 Å². The fourth-order valence-corrected chi connectivity index (χ4v) is 4.95. The first-order chi connectivity index (χ1) is 11.7. The van der Waals surface area contributed by atoms with Crippen LogP contribution in [0.3, 0.4) is 0 Å². The zero-order chi connectivity index (χ0) is 18.6. The molecule has 0 radical (unpaired) electrons. The van der Waals surface area contributed by atoms with Gasteiger partial charge in [0.05, 0.1) is 11.5 Å². The molecule has 25 heavy (non-hydrogen) atoms. The van der Waals surface area contributed by atoms with Crippen LogP contribution in [0.4, 0.5) is 0 Å². The number of thioether (sulfide) groups is 1. The predicted molar refractivity (Wildman–Crippen MR) is 97.3 cm³/mol. The summed E-state index contributed by atoms with van der Waals surface area (Å²) in [5.74, 6) is -0.926. The molecule has 1 saturated heterocycles. The predicted octanol–water partition coefficient (Wildman–Crippen LogP) is 1.71. The van der Waals surface area contributed by atoms with Gasteiger partial charge in [0.15, 0.2) is 15.9 Å². The molecule has 0 saturated carbocycles. The van der Waals surface area contributed by atoms with Crippen molar-refractivity contribution in [1.82, 2.24) is 5.32 Å². The molecule has 138 valence electrons. The summed E-state index contributed by atoms with van der Waals surface area (Å²) in [6.45, 7) is 5.20. The Morgan fingerprint density at radius 3 is 2.44 bits per heavy atom. The smallest absolute Gasteiger partial charge is 0.319 e. The maximum atomic E-state index is 12.2. The van der Waals surface area contributed by atoms with E-state index in [2.05, 4.69) is 5.32 Å². The van der Waals surface area contributed by atoms with Gasteiger partial charge in [-0.3, -0.25) is 9.59 Å². The summed E-state index contributed by atoms with van der Waals surface area (Å²) >= 11 is 1.36. The standard InChI is InChI=1S/C17H23NO5S2/c1-11-4-6-15(7-5-11)24-13(3)17(20)23-12(2)16(19)18-14-8-9-25(21,22)10-14/h4-7,12-14H,8-10H2,1-3H3,(H,18,19)/t12-,13-,14-/m1/s1. The van der Waals surface area contributed by atoms with Crippen LogP contribution in [0.25, 0.3) is 0 Å². The van der Waals surface area contributed by atoms with E-state index in [0.29, 0.717) is 6.42 Å². The minimum atomic E-state index is -3.07. The summed E-state index contributed by atoms with van der Waals surface area (Å²) < 4.78 is 28.0. The zero-order valence-electron chi connectivity index (χ0n) is 14.5. The number of hydrogen-bond donors (Lipinski definition) is 1. The molecule has 0 unspecified atom stereocenters. The molecule has 1 heterocycles. The van der Waals surface area contributed by atoms with E-state index in [0.717, 1.165) is 10.5 Å². The van der Waals surface area contributed by atoms with Gasteiger partial charge in [0, 0.05) is 10.9 Å². The Morgan fingerprint density at radius 1 is 1.24 bits per heavy atom. The molecular formula is C17H23NO5S2. The molecule has 1 aromatic carbocycles. The SMILES string of the molecule is Cc1ccc(S[C@H](C)C(=O)O[C@H](C)C(=O)N[C@@H]2CCS(=O)(=O)C2)cc1. The van der Waals surface area contributed by atoms with E-state index in [1.54, 1.807) is 6.92 Å². The molecule has 1 aliphatic heterocycles. The fourth-order valence-electron chi connectivity index (χ4n) is 2.42. The molecule has 0 aliphatic carbocycles. The Balaban J connectivity index is 1.82. The lowest BCUT2D eigenvalue weighted by molar-refractivity contribution is -0.154. The van der Waals surface area contributed by atoms with Crippen molar-refractivity contribution in [1.29, 1.82) is 0 Å². The largest absolute Gasteiger partial charge is 0.452 e. The lowest BCUT2D eigenvalue weighted by Gasteiger charge is -2.18. The maximum Gasteiger partial charge on any atom is 0.319 e. The number of rotatable bonds is 6. The quantitative estimate of drug-likeness (QED) is 0.592. The number of esters is 1. The number of aryl methyl sites for hydroxylation is 1. The summed E-state index contributed by atoms with van der Waals surface area (Å²) in [4.78, 5) is 25.2. The molecule has 0 spiro atoms. The first-order valence-electron chi connectivity index (χ1n) is 8.11. The van der Waals surface area contributed by atoms with Crippen molar-refractivity contribution in [3.8, 4) is 0 Å². The molecule has 2 rings (SSSR count). The van der Waals surface area contributed by atoms with Crippen LogP contribution in [-0.2, 0) is 24.2 Å². The van der Waals surface area contributed by atoms with Crippen molar-refractivity contribution >= 4 is 33.5 Å². The number of hydrogen-bond acceptors (Lipinski definition) is 6. The lowest BCUT2D eigenvalue weighted by atomic mass is 10.2. The normalized spacial score (nSPS) is 21.3. The van der Waals surface area contributed by atoms with Crippen LogP contribution in [0.15, 0.2) is 29.2 Å². The van der Waals surface area contributed by atoms with Gasteiger partial charge in [-0.15, -0.1) is 11.8 Å². The van der Waals surface area contributed by atoms with E-state index in [9.17, 15) is 18.0 Å². The van der Waals surface area contributed by atoms with Crippen LogP contribution in [0.1, 0.15) is 25.8 Å². The first kappa shape index (κ1) is 19.8. The van der Waals surface area contributed by atoms with Gasteiger partial charge < -0.3 is 10.1 Å². The molecule has 1 aliphatic rings. The third-order valence-corrected chi connectivity index (χ3v) is 6.77. The molecule has 0 aromatic heterocycles. The molecule has 1 amide bonds. The second-order valence-corrected chi connectivity index (χ2v) is 9.90. The molecule has 6 nitrogen and oxygen atoms in total. The molecule has 1 aromatic rings. The fraction of sp³-hybridized carbons (Fsp3) is 0.529. The van der Waals surface area contributed by atoms with Crippen molar-refractivity contribution in [3.05, 3.63) is 29.8 Å². The minimum Gasteiger partial charge on any atom is -0.452 e. The average molecular weight is 386 g/mol. The number of sulfone groups is 1. The highest BCUT2D eigenvalue weighted by Crippen LogP contribution is 2.24. The molecule has 8 heteroatoms. The van der Waals surface area contributed by atoms with E-state index in [1.807, 2.05) is 31.2 Å². The Hall–Kier alpha value is -1.54. The van der Waals surface area contributed by atoms with E-state index < -0.39 is 39.1 Å². The van der Waals surface area contributed by atoms with Crippen molar-refractivity contribution in [2.75, 3.05) is 11.5 Å². The second kappa shape index (κ2) is 8.23. The number of carbonyl (C=O) groups excluding carboxylic acids is 2. The highest BCUT2D eigenvalue weighted by Gasteiger charge is 2.31. The van der Waals surface area contributed by atoms with Gasteiger partial charge in [0.25, 0.3) is 5.91 Å². The van der Waals surface area contributed by atoms with E-state index >= 15 is 0 Å². The zero-order valence-corrected chi connectivity index (χ0v) is 16.2. The van der Waals surface area contributed by atoms with Gasteiger partial charge in [-0.05, 0) is 39.3 Å². The monoisotopic (exact) mass is 385 g/mol. The average Bonchev–Trinajstić information content (AvgIpc) is 2.88. The molecule has 0 bridgehead atoms. The van der Waals surface area contributed by atoms with E-state index in [4.69, 9.17) is 4.74 Å². The van der Waals surface area contributed by atoms with Crippen molar-refractivity contribution in [3.63, 3.8) is 0 Å².